The van der Waals surface area contributed by atoms with Gasteiger partial charge in [0.15, 0.2) is 17.1 Å². The van der Waals surface area contributed by atoms with Gasteiger partial charge in [0, 0.05) is 36.6 Å². The van der Waals surface area contributed by atoms with Crippen molar-refractivity contribution in [3.63, 3.8) is 0 Å². The largest absolute Gasteiger partial charge is 1.00 e. The number of carbonyl (C=O) groups excluding carboxylic acids is 2. The van der Waals surface area contributed by atoms with Crippen LogP contribution < -0.4 is 40.0 Å². The number of hydrogen-bond donors (Lipinski definition) is 1. The molecule has 218 valence electrons. The van der Waals surface area contributed by atoms with Gasteiger partial charge in [-0.05, 0) is 42.2 Å². The Hall–Kier alpha value is -2.63. The second kappa shape index (κ2) is 10.8. The Morgan fingerprint density at radius 2 is 1.63 bits per heavy atom. The first-order valence-electron chi connectivity index (χ1n) is 14.4. The second-order valence-electron chi connectivity index (χ2n) is 11.9. The number of carboxylic acid groups (broad SMARTS) is 1. The maximum absolute atomic E-state index is 14.9. The number of benzene rings is 3. The van der Waals surface area contributed by atoms with Crippen molar-refractivity contribution in [3.8, 4) is 0 Å². The van der Waals surface area contributed by atoms with Gasteiger partial charge in [-0.2, -0.15) is 0 Å². The Labute approximate surface area is 271 Å². The molecule has 4 bridgehead atoms. The fraction of sp³-hybridized carbons (Fsp3) is 0.394. The molecule has 5 fully saturated rings. The van der Waals surface area contributed by atoms with E-state index < -0.39 is 52.6 Å². The van der Waals surface area contributed by atoms with Crippen LogP contribution in [0.3, 0.4) is 0 Å². The number of fused-ring (bicyclic) bond motifs is 4. The first kappa shape index (κ1) is 30.4. The van der Waals surface area contributed by atoms with E-state index in [-0.39, 0.29) is 41.9 Å². The Morgan fingerprint density at radius 3 is 2.26 bits per heavy atom. The molecule has 5 heterocycles. The number of para-hydroxylation sites is 1. The van der Waals surface area contributed by atoms with E-state index in [9.17, 15) is 19.1 Å². The molecule has 3 aromatic rings. The summed E-state index contributed by atoms with van der Waals surface area (Å²) in [6.45, 7) is 4.37. The van der Waals surface area contributed by atoms with E-state index in [0.29, 0.717) is 36.2 Å². The summed E-state index contributed by atoms with van der Waals surface area (Å²) < 4.78 is 35.4. The van der Waals surface area contributed by atoms with Crippen molar-refractivity contribution in [1.82, 2.24) is 4.90 Å². The van der Waals surface area contributed by atoms with E-state index in [1.165, 1.54) is 12.1 Å². The number of carboxylic acids is 1. The molecule has 0 aromatic heterocycles. The van der Waals surface area contributed by atoms with Gasteiger partial charge < -0.3 is 29.4 Å². The Balaban J connectivity index is 0.00000329. The summed E-state index contributed by atoms with van der Waals surface area (Å²) in [5, 5.41) is 15.0. The molecule has 5 aliphatic heterocycles. The molecule has 1 amide bonds. The van der Waals surface area contributed by atoms with Gasteiger partial charge in [0.05, 0.1) is 12.2 Å². The van der Waals surface area contributed by atoms with Crippen molar-refractivity contribution in [2.45, 2.75) is 68.0 Å². The molecular formula is C33H32FN2NaO6. The maximum atomic E-state index is 14.9. The summed E-state index contributed by atoms with van der Waals surface area (Å²) in [4.78, 5) is 28.8. The number of epoxide rings is 1. The first-order valence-corrected chi connectivity index (χ1v) is 14.4. The Bertz CT molecular complexity index is 1530. The maximum Gasteiger partial charge on any atom is 1.00 e. The minimum atomic E-state index is -1.68. The van der Waals surface area contributed by atoms with Gasteiger partial charge >= 0.3 is 29.6 Å². The van der Waals surface area contributed by atoms with Crippen molar-refractivity contribution in [2.75, 3.05) is 11.9 Å². The van der Waals surface area contributed by atoms with E-state index in [1.54, 1.807) is 24.3 Å². The molecule has 0 radical (unpaired) electrons. The topological polar surface area (TPSA) is 103 Å². The third-order valence-corrected chi connectivity index (χ3v) is 9.35. The van der Waals surface area contributed by atoms with E-state index in [0.717, 1.165) is 0 Å². The van der Waals surface area contributed by atoms with Crippen LogP contribution in [0.2, 0.25) is 0 Å². The van der Waals surface area contributed by atoms with Gasteiger partial charge in [0.25, 0.3) is 5.91 Å². The van der Waals surface area contributed by atoms with Crippen LogP contribution in [0.15, 0.2) is 84.9 Å². The standard InChI is InChI=1S/C33H33FN2O6.Na/c1-21(2)32-31(29(39)35-25-11-7-4-8-12-25)30(42-31,22-9-5-3-6-10-22)33(23-13-15-24(34)16-14-23)36(32)18-17-26(40-33)19-27(41-32)20-28(37)38;/h3-16,21,26-27H,17-20H2,1-2H3,(H,35,39)(H,37,38);/q;+1/p-1. The zero-order chi connectivity index (χ0) is 29.3. The van der Waals surface area contributed by atoms with Crippen LogP contribution in [0, 0.1) is 11.7 Å². The number of halogens is 1. The van der Waals surface area contributed by atoms with Crippen LogP contribution in [0.4, 0.5) is 10.1 Å². The van der Waals surface area contributed by atoms with Crippen LogP contribution in [-0.4, -0.2) is 46.9 Å². The summed E-state index contributed by atoms with van der Waals surface area (Å²) in [7, 11) is 0. The Morgan fingerprint density at radius 1 is 0.977 bits per heavy atom. The number of amides is 1. The summed E-state index contributed by atoms with van der Waals surface area (Å²) in [5.74, 6) is -2.47. The summed E-state index contributed by atoms with van der Waals surface area (Å²) in [5.41, 5.74) is -4.06. The fourth-order valence-electron chi connectivity index (χ4n) is 7.91. The number of anilines is 1. The molecule has 0 saturated carbocycles. The normalized spacial score (nSPS) is 35.3. The number of nitrogens with one attached hydrogen (secondary N) is 1. The molecule has 8 rings (SSSR count). The second-order valence-corrected chi connectivity index (χ2v) is 11.9. The molecule has 5 aliphatic rings. The van der Waals surface area contributed by atoms with E-state index in [1.807, 2.05) is 62.4 Å². The summed E-state index contributed by atoms with van der Waals surface area (Å²) in [6, 6.07) is 24.7. The molecule has 8 nitrogen and oxygen atoms in total. The van der Waals surface area contributed by atoms with Gasteiger partial charge in [0.2, 0.25) is 5.60 Å². The third kappa shape index (κ3) is 3.99. The molecule has 0 spiro atoms. The monoisotopic (exact) mass is 594 g/mol. The van der Waals surface area contributed by atoms with E-state index >= 15 is 0 Å². The third-order valence-electron chi connectivity index (χ3n) is 9.35. The molecule has 0 aliphatic carbocycles. The van der Waals surface area contributed by atoms with Crippen LogP contribution in [-0.2, 0) is 35.1 Å². The van der Waals surface area contributed by atoms with Gasteiger partial charge in [-0.1, -0.05) is 74.5 Å². The average Bonchev–Trinajstić information content (AvgIpc) is 3.64. The van der Waals surface area contributed by atoms with Crippen LogP contribution in [0.25, 0.3) is 0 Å². The molecule has 3 aromatic carbocycles. The fourth-order valence-corrected chi connectivity index (χ4v) is 7.91. The van der Waals surface area contributed by atoms with Gasteiger partial charge in [0.1, 0.15) is 5.82 Å². The van der Waals surface area contributed by atoms with Crippen molar-refractivity contribution in [1.29, 1.82) is 0 Å². The number of ether oxygens (including phenoxy) is 3. The first-order chi connectivity index (χ1) is 20.2. The van der Waals surface area contributed by atoms with Gasteiger partial charge in [-0.15, -0.1) is 0 Å². The van der Waals surface area contributed by atoms with Crippen LogP contribution >= 0.6 is 0 Å². The van der Waals surface area contributed by atoms with Crippen molar-refractivity contribution < 1.29 is 62.9 Å². The predicted octanol–water partition coefficient (Wildman–Crippen LogP) is 0.671. The Kier molecular flexibility index (Phi) is 7.61. The predicted molar refractivity (Wildman–Crippen MR) is 148 cm³/mol. The molecule has 5 saturated heterocycles. The van der Waals surface area contributed by atoms with Gasteiger partial charge in [-0.25, -0.2) is 9.29 Å². The minimum Gasteiger partial charge on any atom is -0.550 e. The number of morpholine rings is 1. The van der Waals surface area contributed by atoms with E-state index in [2.05, 4.69) is 10.2 Å². The van der Waals surface area contributed by atoms with Crippen molar-refractivity contribution in [3.05, 3.63) is 102 Å². The smallest absolute Gasteiger partial charge is 0.550 e. The zero-order valence-electron chi connectivity index (χ0n) is 24.4. The van der Waals surface area contributed by atoms with Crippen molar-refractivity contribution in [2.24, 2.45) is 5.92 Å². The number of nitrogens with zero attached hydrogens (tertiary/aromatic N) is 1. The number of rotatable bonds is 7. The molecule has 1 N–H and O–H groups in total. The molecule has 10 heteroatoms. The molecule has 43 heavy (non-hydrogen) atoms. The van der Waals surface area contributed by atoms with Crippen LogP contribution in [0.1, 0.15) is 44.2 Å². The molecule has 7 atom stereocenters. The number of carbonyl (C=O) groups is 2. The minimum absolute atomic E-state index is 0. The van der Waals surface area contributed by atoms with Crippen molar-refractivity contribution >= 4 is 17.6 Å². The number of aliphatic carboxylic acids is 1. The molecular weight excluding hydrogens is 562 g/mol. The summed E-state index contributed by atoms with van der Waals surface area (Å²) in [6.07, 6.45) is -0.695. The van der Waals surface area contributed by atoms with Gasteiger partial charge in [-0.3, -0.25) is 4.79 Å². The quantitative estimate of drug-likeness (QED) is 0.317. The average molecular weight is 595 g/mol. The SMILES string of the molecule is CC(C)C12OC(CC(=O)[O-])CC3CCN1C(c1ccc(F)cc1)(O3)C1(c3ccccc3)OC21C(=O)Nc1ccccc1.[Na+]. The zero-order valence-corrected chi connectivity index (χ0v) is 26.4. The number of hydrogen-bond acceptors (Lipinski definition) is 7. The molecule has 7 unspecified atom stereocenters. The summed E-state index contributed by atoms with van der Waals surface area (Å²) >= 11 is 0. The van der Waals surface area contributed by atoms with Crippen LogP contribution in [0.5, 0.6) is 0 Å². The van der Waals surface area contributed by atoms with E-state index in [4.69, 9.17) is 14.2 Å².